The van der Waals surface area contributed by atoms with Crippen LogP contribution < -0.4 is 0 Å². The number of nitrogens with zero attached hydrogens (tertiary/aromatic N) is 4. The molecule has 0 N–H and O–H groups in total. The van der Waals surface area contributed by atoms with E-state index in [1.165, 1.54) is 11.1 Å². The van der Waals surface area contributed by atoms with Crippen LogP contribution in [0.2, 0.25) is 0 Å². The number of aromatic nitrogens is 4. The first-order valence-corrected chi connectivity index (χ1v) is 18.8. The van der Waals surface area contributed by atoms with Crippen molar-refractivity contribution in [3.8, 4) is 62.1 Å². The van der Waals surface area contributed by atoms with Crippen molar-refractivity contribution >= 4 is 43.7 Å². The maximum Gasteiger partial charge on any atom is 0.238 e. The molecule has 0 bridgehead atoms. The minimum Gasteiger partial charge on any atom is -0.455 e. The predicted molar refractivity (Wildman–Crippen MR) is 229 cm³/mol. The summed E-state index contributed by atoms with van der Waals surface area (Å²) in [6.07, 6.45) is 0. The Morgan fingerprint density at radius 3 is 1.59 bits per heavy atom. The average Bonchev–Trinajstić information content (AvgIpc) is 3.83. The lowest BCUT2D eigenvalue weighted by molar-refractivity contribution is 0.670. The van der Waals surface area contributed by atoms with Crippen molar-refractivity contribution in [2.24, 2.45) is 0 Å². The molecular weight excluding hydrogens is 685 g/mol. The molecule has 5 heteroatoms. The average molecular weight is 717 g/mol. The minimum absolute atomic E-state index is 0.564. The summed E-state index contributed by atoms with van der Waals surface area (Å²) in [5.74, 6) is 1.80. The van der Waals surface area contributed by atoms with Gasteiger partial charge in [-0.25, -0.2) is 4.98 Å². The molecule has 0 spiro atoms. The van der Waals surface area contributed by atoms with Gasteiger partial charge >= 0.3 is 0 Å². The van der Waals surface area contributed by atoms with Gasteiger partial charge in [-0.1, -0.05) is 176 Å². The first kappa shape index (κ1) is 31.9. The van der Waals surface area contributed by atoms with Gasteiger partial charge in [0.2, 0.25) is 5.95 Å². The Hall–Kier alpha value is -7.63. The Morgan fingerprint density at radius 1 is 0.357 bits per heavy atom. The summed E-state index contributed by atoms with van der Waals surface area (Å²) in [7, 11) is 0. The number of benzene rings is 8. The second kappa shape index (κ2) is 13.0. The molecule has 0 saturated carbocycles. The largest absolute Gasteiger partial charge is 0.455 e. The highest BCUT2D eigenvalue weighted by Crippen LogP contribution is 2.41. The van der Waals surface area contributed by atoms with Gasteiger partial charge in [-0.3, -0.25) is 4.57 Å². The van der Waals surface area contributed by atoms with Crippen molar-refractivity contribution in [2.45, 2.75) is 0 Å². The molecule has 11 rings (SSSR count). The van der Waals surface area contributed by atoms with E-state index in [9.17, 15) is 0 Å². The number of fused-ring (bicyclic) bond motifs is 6. The van der Waals surface area contributed by atoms with Gasteiger partial charge in [0.15, 0.2) is 11.6 Å². The van der Waals surface area contributed by atoms with E-state index in [1.807, 2.05) is 66.7 Å². The summed E-state index contributed by atoms with van der Waals surface area (Å²) < 4.78 is 8.85. The Kier molecular flexibility index (Phi) is 7.42. The Balaban J connectivity index is 1.10. The van der Waals surface area contributed by atoms with Crippen LogP contribution in [0.25, 0.3) is 106 Å². The number of rotatable bonds is 6. The summed E-state index contributed by atoms with van der Waals surface area (Å²) in [5, 5.41) is 4.40. The van der Waals surface area contributed by atoms with E-state index in [0.717, 1.165) is 77.1 Å². The van der Waals surface area contributed by atoms with Gasteiger partial charge in [0.1, 0.15) is 11.2 Å². The molecule has 3 heterocycles. The Bertz CT molecular complexity index is 3160. The van der Waals surface area contributed by atoms with Crippen LogP contribution in [0.4, 0.5) is 0 Å². The van der Waals surface area contributed by atoms with Crippen LogP contribution in [-0.2, 0) is 0 Å². The summed E-state index contributed by atoms with van der Waals surface area (Å²) in [5.41, 5.74) is 12.4. The lowest BCUT2D eigenvalue weighted by Gasteiger charge is -2.13. The van der Waals surface area contributed by atoms with Gasteiger partial charge in [0.05, 0.1) is 11.0 Å². The van der Waals surface area contributed by atoms with Crippen molar-refractivity contribution in [1.82, 2.24) is 19.5 Å². The Labute approximate surface area is 322 Å². The third-order valence-electron chi connectivity index (χ3n) is 10.7. The normalized spacial score (nSPS) is 11.6. The second-order valence-electron chi connectivity index (χ2n) is 14.0. The molecular formula is C51H32N4O. The molecule has 0 radical (unpaired) electrons. The van der Waals surface area contributed by atoms with E-state index in [1.54, 1.807) is 0 Å². The van der Waals surface area contributed by atoms with Crippen LogP contribution >= 0.6 is 0 Å². The molecule has 11 aromatic rings. The topological polar surface area (TPSA) is 56.7 Å². The molecule has 0 unspecified atom stereocenters. The lowest BCUT2D eigenvalue weighted by atomic mass is 9.97. The zero-order chi connectivity index (χ0) is 37.0. The van der Waals surface area contributed by atoms with Gasteiger partial charge in [0.25, 0.3) is 0 Å². The predicted octanol–water partition coefficient (Wildman–Crippen LogP) is 13.2. The molecule has 56 heavy (non-hydrogen) atoms. The fraction of sp³-hybridized carbons (Fsp3) is 0. The standard InChI is InChI=1S/C51H32N4O/c1-4-14-33(15-5-1)34-26-28-35(29-27-34)40-22-13-24-43-44-32-38(30-31-46(44)56-48(40)43)39-21-12-23-42-41-20-10-11-25-45(41)55(47(39)42)51-53-49(36-16-6-2-7-17-36)52-50(54-51)37-18-8-3-9-19-37/h1-32H. The number of furan rings is 1. The molecule has 5 nitrogen and oxygen atoms in total. The van der Waals surface area contributed by atoms with Crippen molar-refractivity contribution < 1.29 is 4.42 Å². The third kappa shape index (κ3) is 5.29. The molecule has 0 saturated heterocycles. The van der Waals surface area contributed by atoms with E-state index in [2.05, 4.69) is 132 Å². The van der Waals surface area contributed by atoms with Crippen LogP contribution in [-0.4, -0.2) is 19.5 Å². The van der Waals surface area contributed by atoms with Gasteiger partial charge in [-0.2, -0.15) is 9.97 Å². The highest BCUT2D eigenvalue weighted by molar-refractivity contribution is 6.15. The Morgan fingerprint density at radius 2 is 0.893 bits per heavy atom. The maximum atomic E-state index is 6.65. The van der Waals surface area contributed by atoms with Crippen molar-refractivity contribution in [3.05, 3.63) is 194 Å². The minimum atomic E-state index is 0.564. The van der Waals surface area contributed by atoms with Gasteiger partial charge in [-0.05, 0) is 40.5 Å². The lowest BCUT2D eigenvalue weighted by Crippen LogP contribution is -2.06. The molecule has 0 aliphatic rings. The monoisotopic (exact) mass is 716 g/mol. The van der Waals surface area contributed by atoms with E-state index in [-0.39, 0.29) is 0 Å². The zero-order valence-electron chi connectivity index (χ0n) is 30.2. The van der Waals surface area contributed by atoms with Gasteiger partial charge in [-0.15, -0.1) is 0 Å². The third-order valence-corrected chi connectivity index (χ3v) is 10.7. The zero-order valence-corrected chi connectivity index (χ0v) is 30.2. The highest BCUT2D eigenvalue weighted by atomic mass is 16.3. The second-order valence-corrected chi connectivity index (χ2v) is 14.0. The highest BCUT2D eigenvalue weighted by Gasteiger charge is 2.21. The molecule has 3 aromatic heterocycles. The van der Waals surface area contributed by atoms with E-state index in [4.69, 9.17) is 19.4 Å². The van der Waals surface area contributed by atoms with Crippen molar-refractivity contribution in [2.75, 3.05) is 0 Å². The molecule has 0 aliphatic carbocycles. The van der Waals surface area contributed by atoms with Gasteiger partial charge < -0.3 is 4.42 Å². The summed E-state index contributed by atoms with van der Waals surface area (Å²) in [4.78, 5) is 15.3. The van der Waals surface area contributed by atoms with Crippen molar-refractivity contribution in [3.63, 3.8) is 0 Å². The molecule has 0 fully saturated rings. The van der Waals surface area contributed by atoms with Gasteiger partial charge in [0, 0.05) is 43.8 Å². The molecule has 0 aliphatic heterocycles. The molecule has 262 valence electrons. The first-order chi connectivity index (χ1) is 27.8. The molecule has 0 atom stereocenters. The smallest absolute Gasteiger partial charge is 0.238 e. The van der Waals surface area contributed by atoms with Crippen LogP contribution in [0.5, 0.6) is 0 Å². The maximum absolute atomic E-state index is 6.65. The van der Waals surface area contributed by atoms with Crippen LogP contribution in [0.3, 0.4) is 0 Å². The number of hydrogen-bond donors (Lipinski definition) is 0. The molecule has 8 aromatic carbocycles. The van der Waals surface area contributed by atoms with Crippen molar-refractivity contribution in [1.29, 1.82) is 0 Å². The number of hydrogen-bond acceptors (Lipinski definition) is 4. The fourth-order valence-corrected chi connectivity index (χ4v) is 8.02. The number of para-hydroxylation sites is 3. The summed E-state index contributed by atoms with van der Waals surface area (Å²) in [6.45, 7) is 0. The summed E-state index contributed by atoms with van der Waals surface area (Å²) in [6, 6.07) is 67.4. The quantitative estimate of drug-likeness (QED) is 0.172. The SMILES string of the molecule is c1ccc(-c2ccc(-c3cccc4c3oc3ccc(-c5cccc6c7ccccc7n(-c7nc(-c8ccccc8)nc(-c8ccccc8)n7)c56)cc34)cc2)cc1. The first-order valence-electron chi connectivity index (χ1n) is 18.8. The van der Waals surface area contributed by atoms with E-state index in [0.29, 0.717) is 17.6 Å². The van der Waals surface area contributed by atoms with E-state index < -0.39 is 0 Å². The van der Waals surface area contributed by atoms with Crippen LogP contribution in [0, 0.1) is 0 Å². The van der Waals surface area contributed by atoms with E-state index >= 15 is 0 Å². The van der Waals surface area contributed by atoms with Crippen LogP contribution in [0.15, 0.2) is 199 Å². The van der Waals surface area contributed by atoms with Crippen LogP contribution in [0.1, 0.15) is 0 Å². The summed E-state index contributed by atoms with van der Waals surface area (Å²) >= 11 is 0. The fourth-order valence-electron chi connectivity index (χ4n) is 8.02. The molecule has 0 amide bonds.